The van der Waals surface area contributed by atoms with E-state index in [2.05, 4.69) is 20.2 Å². The van der Waals surface area contributed by atoms with Crippen molar-refractivity contribution in [3.8, 4) is 5.88 Å². The molecular weight excluding hydrogens is 471 g/mol. The highest BCUT2D eigenvalue weighted by Crippen LogP contribution is 2.29. The Balaban J connectivity index is 0.00000280. The van der Waals surface area contributed by atoms with Gasteiger partial charge in [-0.25, -0.2) is 4.98 Å². The summed E-state index contributed by atoms with van der Waals surface area (Å²) in [6.07, 6.45) is 5.99. The van der Waals surface area contributed by atoms with E-state index < -0.39 is 0 Å². The fourth-order valence-electron chi connectivity index (χ4n) is 3.19. The molecule has 1 aliphatic heterocycles. The van der Waals surface area contributed by atoms with Crippen molar-refractivity contribution in [3.63, 3.8) is 0 Å². The van der Waals surface area contributed by atoms with Crippen LogP contribution in [0.2, 0.25) is 0 Å². The maximum atomic E-state index is 11.9. The molecule has 1 aromatic heterocycles. The smallest absolute Gasteiger partial charge is 0.309 e. The third-order valence-electron chi connectivity index (χ3n) is 5.04. The lowest BCUT2D eigenvalue weighted by Gasteiger charge is -2.33. The number of carbonyl (C=O) groups is 1. The van der Waals surface area contributed by atoms with Gasteiger partial charge in [0.25, 0.3) is 0 Å². The van der Waals surface area contributed by atoms with Gasteiger partial charge in [0.05, 0.1) is 19.1 Å². The van der Waals surface area contributed by atoms with E-state index in [1.54, 1.807) is 7.05 Å². The zero-order chi connectivity index (χ0) is 19.1. The minimum absolute atomic E-state index is 0. The molecular formula is C20H31IN4O3. The van der Waals surface area contributed by atoms with Crippen LogP contribution in [-0.4, -0.2) is 55.2 Å². The first-order chi connectivity index (χ1) is 13.2. The van der Waals surface area contributed by atoms with Gasteiger partial charge in [0.1, 0.15) is 0 Å². The summed E-state index contributed by atoms with van der Waals surface area (Å²) in [5, 5.41) is 3.38. The summed E-state index contributed by atoms with van der Waals surface area (Å²) in [6, 6.07) is 3.95. The molecule has 0 spiro atoms. The monoisotopic (exact) mass is 502 g/mol. The summed E-state index contributed by atoms with van der Waals surface area (Å²) in [7, 11) is 1.78. The third-order valence-corrected chi connectivity index (χ3v) is 5.04. The van der Waals surface area contributed by atoms with Gasteiger partial charge in [-0.2, -0.15) is 0 Å². The van der Waals surface area contributed by atoms with E-state index in [-0.39, 0.29) is 35.9 Å². The number of esters is 1. The molecule has 0 amide bonds. The first kappa shape index (κ1) is 22.7. The van der Waals surface area contributed by atoms with E-state index in [1.165, 1.54) is 12.8 Å². The first-order valence-corrected chi connectivity index (χ1v) is 9.89. The Morgan fingerprint density at radius 3 is 2.61 bits per heavy atom. The molecule has 1 saturated carbocycles. The maximum absolute atomic E-state index is 11.9. The fraction of sp³-hybridized carbons (Fsp3) is 0.650. The molecule has 0 unspecified atom stereocenters. The Morgan fingerprint density at radius 2 is 2.04 bits per heavy atom. The van der Waals surface area contributed by atoms with Crippen LogP contribution in [0.5, 0.6) is 5.88 Å². The standard InChI is InChI=1S/C20H30N4O3.HI/c1-3-26-19(25)17-8-10-24(11-9-17)20(21-2)23-13-16-6-7-18(22-12-16)27-14-15-4-5-15;/h6-7,12,15,17H,3-5,8-11,13-14H2,1-2H3,(H,21,23);1H. The zero-order valence-corrected chi connectivity index (χ0v) is 19.1. The van der Waals surface area contributed by atoms with Crippen molar-refractivity contribution in [2.45, 2.75) is 39.2 Å². The van der Waals surface area contributed by atoms with Gasteiger partial charge in [-0.05, 0) is 44.1 Å². The minimum atomic E-state index is -0.0739. The normalized spacial score (nSPS) is 17.6. The van der Waals surface area contributed by atoms with Crippen molar-refractivity contribution in [2.24, 2.45) is 16.8 Å². The van der Waals surface area contributed by atoms with Crippen LogP contribution >= 0.6 is 24.0 Å². The van der Waals surface area contributed by atoms with Crippen LogP contribution < -0.4 is 10.1 Å². The van der Waals surface area contributed by atoms with Crippen LogP contribution in [0.25, 0.3) is 0 Å². The summed E-state index contributed by atoms with van der Waals surface area (Å²) in [6.45, 7) is 5.32. The van der Waals surface area contributed by atoms with Gasteiger partial charge in [-0.1, -0.05) is 6.07 Å². The second kappa shape index (κ2) is 11.4. The topological polar surface area (TPSA) is 76.0 Å². The average Bonchev–Trinajstić information content (AvgIpc) is 3.53. The Labute approximate surface area is 184 Å². The summed E-state index contributed by atoms with van der Waals surface area (Å²) in [5.41, 5.74) is 1.08. The fourth-order valence-corrected chi connectivity index (χ4v) is 3.19. The van der Waals surface area contributed by atoms with Crippen LogP contribution in [0.1, 0.15) is 38.2 Å². The number of ether oxygens (including phenoxy) is 2. The van der Waals surface area contributed by atoms with E-state index in [0.717, 1.165) is 50.0 Å². The zero-order valence-electron chi connectivity index (χ0n) is 16.7. The van der Waals surface area contributed by atoms with Crippen molar-refractivity contribution in [1.29, 1.82) is 0 Å². The molecule has 156 valence electrons. The van der Waals surface area contributed by atoms with Crippen LogP contribution in [-0.2, 0) is 16.1 Å². The highest BCUT2D eigenvalue weighted by Gasteiger charge is 2.27. The highest BCUT2D eigenvalue weighted by molar-refractivity contribution is 14.0. The van der Waals surface area contributed by atoms with Gasteiger partial charge in [-0.15, -0.1) is 24.0 Å². The highest BCUT2D eigenvalue weighted by atomic mass is 127. The third kappa shape index (κ3) is 6.79. The van der Waals surface area contributed by atoms with E-state index >= 15 is 0 Å². The van der Waals surface area contributed by atoms with Gasteiger partial charge >= 0.3 is 5.97 Å². The predicted molar refractivity (Wildman–Crippen MR) is 119 cm³/mol. The summed E-state index contributed by atoms with van der Waals surface area (Å²) in [5.74, 6) is 2.20. The minimum Gasteiger partial charge on any atom is -0.477 e. The summed E-state index contributed by atoms with van der Waals surface area (Å²) >= 11 is 0. The Morgan fingerprint density at radius 1 is 1.29 bits per heavy atom. The molecule has 0 atom stereocenters. The lowest BCUT2D eigenvalue weighted by atomic mass is 9.97. The van der Waals surface area contributed by atoms with E-state index in [4.69, 9.17) is 9.47 Å². The number of aliphatic imine (C=N–C) groups is 1. The molecule has 3 rings (SSSR count). The number of likely N-dealkylation sites (tertiary alicyclic amines) is 1. The van der Waals surface area contributed by atoms with E-state index in [0.29, 0.717) is 19.0 Å². The van der Waals surface area contributed by atoms with Gasteiger partial charge in [0.15, 0.2) is 5.96 Å². The molecule has 1 saturated heterocycles. The number of nitrogens with one attached hydrogen (secondary N) is 1. The number of aromatic nitrogens is 1. The SMILES string of the molecule is CCOC(=O)C1CCN(C(=NC)NCc2ccc(OCC3CC3)nc2)CC1.I. The van der Waals surface area contributed by atoms with Gasteiger partial charge in [-0.3, -0.25) is 9.79 Å². The van der Waals surface area contributed by atoms with Crippen molar-refractivity contribution in [2.75, 3.05) is 33.4 Å². The second-order valence-corrected chi connectivity index (χ2v) is 7.17. The van der Waals surface area contributed by atoms with Gasteiger partial charge in [0.2, 0.25) is 5.88 Å². The molecule has 7 nitrogen and oxygen atoms in total. The largest absolute Gasteiger partial charge is 0.477 e. The molecule has 1 aromatic rings. The molecule has 28 heavy (non-hydrogen) atoms. The molecule has 2 fully saturated rings. The summed E-state index contributed by atoms with van der Waals surface area (Å²) < 4.78 is 10.8. The van der Waals surface area contributed by atoms with Crippen LogP contribution in [0.4, 0.5) is 0 Å². The summed E-state index contributed by atoms with van der Waals surface area (Å²) in [4.78, 5) is 22.8. The number of hydrogen-bond acceptors (Lipinski definition) is 5. The number of halogens is 1. The van der Waals surface area contributed by atoms with Crippen LogP contribution in [0.15, 0.2) is 23.3 Å². The van der Waals surface area contributed by atoms with Crippen LogP contribution in [0.3, 0.4) is 0 Å². The number of hydrogen-bond donors (Lipinski definition) is 1. The Kier molecular flexibility index (Phi) is 9.27. The lowest BCUT2D eigenvalue weighted by molar-refractivity contribution is -0.149. The van der Waals surface area contributed by atoms with E-state index in [9.17, 15) is 4.79 Å². The van der Waals surface area contributed by atoms with Crippen molar-refractivity contribution in [1.82, 2.24) is 15.2 Å². The molecule has 1 N–H and O–H groups in total. The van der Waals surface area contributed by atoms with E-state index in [1.807, 2.05) is 25.3 Å². The number of pyridine rings is 1. The number of rotatable bonds is 7. The second-order valence-electron chi connectivity index (χ2n) is 7.17. The van der Waals surface area contributed by atoms with Crippen molar-refractivity contribution >= 4 is 35.9 Å². The molecule has 2 heterocycles. The lowest BCUT2D eigenvalue weighted by Crippen LogP contribution is -2.46. The first-order valence-electron chi connectivity index (χ1n) is 9.89. The van der Waals surface area contributed by atoms with Crippen molar-refractivity contribution in [3.05, 3.63) is 23.9 Å². The molecule has 0 bridgehead atoms. The Bertz CT molecular complexity index is 641. The molecule has 0 aromatic carbocycles. The molecule has 8 heteroatoms. The van der Waals surface area contributed by atoms with Gasteiger partial charge < -0.3 is 19.7 Å². The predicted octanol–water partition coefficient (Wildman–Crippen LogP) is 2.84. The average molecular weight is 502 g/mol. The quantitative estimate of drug-likeness (QED) is 0.268. The van der Waals surface area contributed by atoms with Gasteiger partial charge in [0, 0.05) is 38.9 Å². The number of nitrogens with zero attached hydrogens (tertiary/aromatic N) is 3. The van der Waals surface area contributed by atoms with Crippen LogP contribution in [0, 0.1) is 11.8 Å². The van der Waals surface area contributed by atoms with Crippen molar-refractivity contribution < 1.29 is 14.3 Å². The maximum Gasteiger partial charge on any atom is 0.309 e. The molecule has 0 radical (unpaired) electrons. The molecule has 1 aliphatic carbocycles. The number of guanidine groups is 1. The molecule has 2 aliphatic rings. The Hall–Kier alpha value is -1.58. The number of carbonyl (C=O) groups excluding carboxylic acids is 1. The number of piperidine rings is 1.